The van der Waals surface area contributed by atoms with Gasteiger partial charge in [0, 0.05) is 19.1 Å². The van der Waals surface area contributed by atoms with Crippen molar-refractivity contribution in [3.8, 4) is 0 Å². The largest absolute Gasteiger partial charge is 0.316 e. The molecule has 0 aliphatic rings. The molecule has 1 aromatic carbocycles. The SMILES string of the molecule is CCC(C)N(CC)S(=O)(=O)c1ccc(C)c(CNC)c1. The normalized spacial score (nSPS) is 13.7. The molecule has 1 unspecified atom stereocenters. The predicted molar refractivity (Wildman–Crippen MR) is 83.3 cm³/mol. The standard InChI is InChI=1S/C15H26N2O2S/c1-6-13(4)17(7-2)20(18,19)15-9-8-12(3)14(10-15)11-16-5/h8-10,13,16H,6-7,11H2,1-5H3. The van der Waals surface area contributed by atoms with Crippen molar-refractivity contribution in [2.75, 3.05) is 13.6 Å². The zero-order valence-electron chi connectivity index (χ0n) is 13.1. The number of sulfonamides is 1. The molecule has 5 heteroatoms. The minimum atomic E-state index is -3.41. The summed E-state index contributed by atoms with van der Waals surface area (Å²) in [6, 6.07) is 5.38. The molecule has 0 bridgehead atoms. The first kappa shape index (κ1) is 17.1. The van der Waals surface area contributed by atoms with Crippen LogP contribution >= 0.6 is 0 Å². The van der Waals surface area contributed by atoms with E-state index < -0.39 is 10.0 Å². The Morgan fingerprint density at radius 2 is 1.95 bits per heavy atom. The second-order valence-electron chi connectivity index (χ2n) is 5.08. The highest BCUT2D eigenvalue weighted by molar-refractivity contribution is 7.89. The zero-order valence-corrected chi connectivity index (χ0v) is 13.9. The zero-order chi connectivity index (χ0) is 15.3. The van der Waals surface area contributed by atoms with Crippen molar-refractivity contribution in [1.82, 2.24) is 9.62 Å². The molecule has 1 rings (SSSR count). The fraction of sp³-hybridized carbons (Fsp3) is 0.600. The van der Waals surface area contributed by atoms with E-state index in [0.29, 0.717) is 18.0 Å². The van der Waals surface area contributed by atoms with E-state index >= 15 is 0 Å². The fourth-order valence-corrected chi connectivity index (χ4v) is 4.01. The summed E-state index contributed by atoms with van der Waals surface area (Å²) in [6.45, 7) is 8.99. The molecule has 20 heavy (non-hydrogen) atoms. The van der Waals surface area contributed by atoms with E-state index in [1.807, 2.05) is 40.8 Å². The topological polar surface area (TPSA) is 49.4 Å². The second-order valence-corrected chi connectivity index (χ2v) is 6.97. The Kier molecular flexibility index (Phi) is 6.17. The summed E-state index contributed by atoms with van der Waals surface area (Å²) >= 11 is 0. The summed E-state index contributed by atoms with van der Waals surface area (Å²) in [7, 11) is -1.56. The molecule has 0 saturated carbocycles. The van der Waals surface area contributed by atoms with Gasteiger partial charge in [0.1, 0.15) is 0 Å². The van der Waals surface area contributed by atoms with E-state index in [-0.39, 0.29) is 6.04 Å². The minimum absolute atomic E-state index is 0.0130. The van der Waals surface area contributed by atoms with Crippen LogP contribution in [0.5, 0.6) is 0 Å². The quantitative estimate of drug-likeness (QED) is 0.841. The van der Waals surface area contributed by atoms with Gasteiger partial charge in [0.05, 0.1) is 4.90 Å². The predicted octanol–water partition coefficient (Wildman–Crippen LogP) is 2.52. The van der Waals surface area contributed by atoms with Crippen LogP contribution in [-0.2, 0) is 16.6 Å². The lowest BCUT2D eigenvalue weighted by atomic mass is 10.1. The molecule has 1 N–H and O–H groups in total. The lowest BCUT2D eigenvalue weighted by molar-refractivity contribution is 0.342. The third kappa shape index (κ3) is 3.59. The van der Waals surface area contributed by atoms with Crippen molar-refractivity contribution in [1.29, 1.82) is 0 Å². The Morgan fingerprint density at radius 1 is 1.30 bits per heavy atom. The van der Waals surface area contributed by atoms with Crippen LogP contribution in [0.25, 0.3) is 0 Å². The van der Waals surface area contributed by atoms with Crippen molar-refractivity contribution in [2.45, 2.75) is 51.6 Å². The summed E-state index contributed by atoms with van der Waals surface area (Å²) in [5, 5.41) is 3.07. The minimum Gasteiger partial charge on any atom is -0.316 e. The summed E-state index contributed by atoms with van der Waals surface area (Å²) in [5.74, 6) is 0. The molecular formula is C15H26N2O2S. The summed E-state index contributed by atoms with van der Waals surface area (Å²) in [5.41, 5.74) is 2.12. The highest BCUT2D eigenvalue weighted by atomic mass is 32.2. The van der Waals surface area contributed by atoms with Gasteiger partial charge in [-0.15, -0.1) is 0 Å². The van der Waals surface area contributed by atoms with Crippen molar-refractivity contribution < 1.29 is 8.42 Å². The first-order chi connectivity index (χ1) is 9.38. The van der Waals surface area contributed by atoms with Crippen LogP contribution in [0.15, 0.2) is 23.1 Å². The van der Waals surface area contributed by atoms with Gasteiger partial charge >= 0.3 is 0 Å². The lowest BCUT2D eigenvalue weighted by Gasteiger charge is -2.26. The molecule has 4 nitrogen and oxygen atoms in total. The van der Waals surface area contributed by atoms with E-state index in [1.165, 1.54) is 0 Å². The molecule has 0 fully saturated rings. The fourth-order valence-electron chi connectivity index (χ4n) is 2.25. The number of nitrogens with zero attached hydrogens (tertiary/aromatic N) is 1. The lowest BCUT2D eigenvalue weighted by Crippen LogP contribution is -2.38. The number of nitrogens with one attached hydrogen (secondary N) is 1. The maximum atomic E-state index is 12.7. The van der Waals surface area contributed by atoms with E-state index in [1.54, 1.807) is 16.4 Å². The Hall–Kier alpha value is -0.910. The Labute approximate surface area is 123 Å². The highest BCUT2D eigenvalue weighted by Crippen LogP contribution is 2.22. The van der Waals surface area contributed by atoms with Crippen LogP contribution in [-0.4, -0.2) is 32.4 Å². The Bertz CT molecular complexity index is 541. The van der Waals surface area contributed by atoms with Crippen LogP contribution in [0, 0.1) is 6.92 Å². The van der Waals surface area contributed by atoms with Gasteiger partial charge in [-0.25, -0.2) is 8.42 Å². The molecule has 0 saturated heterocycles. The van der Waals surface area contributed by atoms with E-state index in [0.717, 1.165) is 17.5 Å². The number of rotatable bonds is 7. The van der Waals surface area contributed by atoms with Gasteiger partial charge in [0.2, 0.25) is 10.0 Å². The van der Waals surface area contributed by atoms with Gasteiger partial charge in [0.25, 0.3) is 0 Å². The average Bonchev–Trinajstić information content (AvgIpc) is 2.41. The number of hydrogen-bond donors (Lipinski definition) is 1. The number of aryl methyl sites for hydroxylation is 1. The molecule has 0 heterocycles. The first-order valence-electron chi connectivity index (χ1n) is 7.14. The first-order valence-corrected chi connectivity index (χ1v) is 8.58. The van der Waals surface area contributed by atoms with Crippen LogP contribution in [0.3, 0.4) is 0 Å². The van der Waals surface area contributed by atoms with E-state index in [4.69, 9.17) is 0 Å². The maximum Gasteiger partial charge on any atom is 0.243 e. The molecule has 0 radical (unpaired) electrons. The van der Waals surface area contributed by atoms with Crippen molar-refractivity contribution >= 4 is 10.0 Å². The Balaban J connectivity index is 3.24. The second kappa shape index (κ2) is 7.20. The van der Waals surface area contributed by atoms with Crippen LogP contribution < -0.4 is 5.32 Å². The van der Waals surface area contributed by atoms with E-state index in [9.17, 15) is 8.42 Å². The van der Waals surface area contributed by atoms with Gasteiger partial charge in [-0.05, 0) is 50.6 Å². The molecule has 0 amide bonds. The molecule has 1 atom stereocenters. The van der Waals surface area contributed by atoms with Crippen LogP contribution in [0.2, 0.25) is 0 Å². The molecular weight excluding hydrogens is 272 g/mol. The summed E-state index contributed by atoms with van der Waals surface area (Å²) < 4.78 is 27.0. The van der Waals surface area contributed by atoms with Gasteiger partial charge < -0.3 is 5.32 Å². The number of benzene rings is 1. The van der Waals surface area contributed by atoms with Gasteiger partial charge in [-0.1, -0.05) is 19.9 Å². The molecule has 114 valence electrons. The smallest absolute Gasteiger partial charge is 0.243 e. The van der Waals surface area contributed by atoms with Crippen LogP contribution in [0.4, 0.5) is 0 Å². The molecule has 0 aliphatic heterocycles. The average molecular weight is 298 g/mol. The molecule has 1 aromatic rings. The third-order valence-corrected chi connectivity index (χ3v) is 5.77. The summed E-state index contributed by atoms with van der Waals surface area (Å²) in [6.07, 6.45) is 0.808. The van der Waals surface area contributed by atoms with Gasteiger partial charge in [0.15, 0.2) is 0 Å². The van der Waals surface area contributed by atoms with Crippen molar-refractivity contribution in [2.24, 2.45) is 0 Å². The van der Waals surface area contributed by atoms with Crippen LogP contribution in [0.1, 0.15) is 38.3 Å². The highest BCUT2D eigenvalue weighted by Gasteiger charge is 2.27. The van der Waals surface area contributed by atoms with Gasteiger partial charge in [-0.2, -0.15) is 4.31 Å². The molecule has 0 aliphatic carbocycles. The van der Waals surface area contributed by atoms with E-state index in [2.05, 4.69) is 5.32 Å². The maximum absolute atomic E-state index is 12.7. The van der Waals surface area contributed by atoms with Gasteiger partial charge in [-0.3, -0.25) is 0 Å². The monoisotopic (exact) mass is 298 g/mol. The molecule has 0 spiro atoms. The third-order valence-electron chi connectivity index (χ3n) is 3.69. The van der Waals surface area contributed by atoms with Crippen molar-refractivity contribution in [3.63, 3.8) is 0 Å². The number of hydrogen-bond acceptors (Lipinski definition) is 3. The summed E-state index contributed by atoms with van der Waals surface area (Å²) in [4.78, 5) is 0.385. The molecule has 0 aromatic heterocycles. The Morgan fingerprint density at radius 3 is 2.45 bits per heavy atom. The van der Waals surface area contributed by atoms with Crippen molar-refractivity contribution in [3.05, 3.63) is 29.3 Å².